The zero-order valence-electron chi connectivity index (χ0n) is 23.9. The molecule has 232 valence electrons. The molecule has 0 radical (unpaired) electrons. The zero-order chi connectivity index (χ0) is 31.8. The Morgan fingerprint density at radius 1 is 0.783 bits per heavy atom. The molecular weight excluding hydrogens is 635 g/mol. The van der Waals surface area contributed by atoms with E-state index in [9.17, 15) is 14.4 Å². The third kappa shape index (κ3) is 5.36. The minimum absolute atomic E-state index is 0.0581. The maximum Gasteiger partial charge on any atom is 0.338 e. The first kappa shape index (κ1) is 29.8. The number of fused-ring (bicyclic) bond motifs is 2. The average Bonchev–Trinajstić information content (AvgIpc) is 3.33. The molecule has 7 rings (SSSR count). The van der Waals surface area contributed by atoms with Crippen LogP contribution in [-0.4, -0.2) is 69.0 Å². The van der Waals surface area contributed by atoms with E-state index in [1.54, 1.807) is 95.6 Å². The highest BCUT2D eigenvalue weighted by Crippen LogP contribution is 2.67. The van der Waals surface area contributed by atoms with Gasteiger partial charge in [-0.2, -0.15) is 4.98 Å². The summed E-state index contributed by atoms with van der Waals surface area (Å²) in [6.45, 7) is -0.444. The van der Waals surface area contributed by atoms with E-state index < -0.39 is 47.7 Å². The van der Waals surface area contributed by atoms with Crippen molar-refractivity contribution in [3.8, 4) is 0 Å². The summed E-state index contributed by atoms with van der Waals surface area (Å²) in [6, 6.07) is 24.9. The Morgan fingerprint density at radius 3 is 1.96 bits per heavy atom. The fourth-order valence-electron chi connectivity index (χ4n) is 5.99. The fourth-order valence-corrected chi connectivity index (χ4v) is 6.41. The molecule has 5 atom stereocenters. The number of hydrogen-bond donors (Lipinski definition) is 0. The van der Waals surface area contributed by atoms with Crippen molar-refractivity contribution in [1.29, 1.82) is 0 Å². The van der Waals surface area contributed by atoms with Crippen molar-refractivity contribution < 1.29 is 33.3 Å². The Hall–Kier alpha value is -4.84. The fraction of sp³-hybridized carbons (Fsp3) is 0.212. The number of imidazole rings is 1. The molecular formula is C33H24Cl2N4O7. The molecule has 3 aromatic carbocycles. The minimum Gasteiger partial charge on any atom is -0.461 e. The molecule has 1 saturated heterocycles. The second kappa shape index (κ2) is 12.2. The van der Waals surface area contributed by atoms with E-state index in [0.29, 0.717) is 27.9 Å². The topological polar surface area (TPSA) is 132 Å². The molecule has 2 aliphatic rings. The first-order chi connectivity index (χ1) is 22.4. The molecule has 3 heterocycles. The summed E-state index contributed by atoms with van der Waals surface area (Å²) in [5.41, 5.74) is 0.499. The second-order valence-corrected chi connectivity index (χ2v) is 11.6. The summed E-state index contributed by atoms with van der Waals surface area (Å²) in [7, 11) is 0. The summed E-state index contributed by atoms with van der Waals surface area (Å²) in [5, 5.41) is -0.0314. The third-order valence-electron chi connectivity index (χ3n) is 8.19. The van der Waals surface area contributed by atoms with Gasteiger partial charge in [0.15, 0.2) is 10.8 Å². The van der Waals surface area contributed by atoms with Crippen LogP contribution < -0.4 is 0 Å². The lowest BCUT2D eigenvalue weighted by Gasteiger charge is -2.29. The molecule has 3 unspecified atom stereocenters. The van der Waals surface area contributed by atoms with E-state index in [2.05, 4.69) is 15.0 Å². The maximum absolute atomic E-state index is 13.5. The summed E-state index contributed by atoms with van der Waals surface area (Å²) >= 11 is 12.5. The summed E-state index contributed by atoms with van der Waals surface area (Å²) < 4.78 is 25.8. The number of aromatic nitrogens is 4. The van der Waals surface area contributed by atoms with Gasteiger partial charge in [-0.25, -0.2) is 24.4 Å². The highest BCUT2D eigenvalue weighted by atomic mass is 35.5. The molecule has 5 aromatic rings. The molecule has 0 bridgehead atoms. The normalized spacial score (nSPS) is 23.0. The van der Waals surface area contributed by atoms with Crippen molar-refractivity contribution in [2.45, 2.75) is 24.4 Å². The molecule has 2 fully saturated rings. The Morgan fingerprint density at radius 2 is 1.35 bits per heavy atom. The van der Waals surface area contributed by atoms with Crippen LogP contribution in [0.4, 0.5) is 0 Å². The molecule has 0 N–H and O–H groups in total. The van der Waals surface area contributed by atoms with E-state index in [4.69, 9.17) is 42.1 Å². The van der Waals surface area contributed by atoms with Crippen LogP contribution in [0.2, 0.25) is 10.4 Å². The van der Waals surface area contributed by atoms with Gasteiger partial charge in [0.2, 0.25) is 5.28 Å². The van der Waals surface area contributed by atoms with Gasteiger partial charge in [-0.3, -0.25) is 0 Å². The van der Waals surface area contributed by atoms with Crippen LogP contribution in [0.3, 0.4) is 0 Å². The largest absolute Gasteiger partial charge is 0.461 e. The van der Waals surface area contributed by atoms with Crippen LogP contribution in [0.1, 0.15) is 37.1 Å². The third-order valence-corrected chi connectivity index (χ3v) is 8.63. The molecule has 1 saturated carbocycles. The van der Waals surface area contributed by atoms with Gasteiger partial charge < -0.3 is 23.5 Å². The van der Waals surface area contributed by atoms with Crippen LogP contribution in [0.15, 0.2) is 97.3 Å². The van der Waals surface area contributed by atoms with Gasteiger partial charge in [-0.15, -0.1) is 0 Å². The van der Waals surface area contributed by atoms with Crippen LogP contribution in [0.25, 0.3) is 11.2 Å². The lowest BCUT2D eigenvalue weighted by Crippen LogP contribution is -2.43. The lowest BCUT2D eigenvalue weighted by molar-refractivity contribution is -0.0679. The smallest absolute Gasteiger partial charge is 0.338 e. The number of ether oxygens (including phenoxy) is 4. The lowest BCUT2D eigenvalue weighted by atomic mass is 9.95. The van der Waals surface area contributed by atoms with Crippen LogP contribution in [0.5, 0.6) is 0 Å². The van der Waals surface area contributed by atoms with Crippen molar-refractivity contribution in [2.24, 2.45) is 5.41 Å². The molecule has 1 aliphatic carbocycles. The number of carbonyl (C=O) groups is 3. The summed E-state index contributed by atoms with van der Waals surface area (Å²) in [5.74, 6) is -1.77. The Balaban J connectivity index is 1.25. The SMILES string of the molecule is O=C(OC[C@H]1O[C@H]2C(n3cnc4c(Cl)nc(Cl)nc43)C2(COC(=O)c2ccccc2)C1OC(=O)c1ccccc1)c1ccccc1. The van der Waals surface area contributed by atoms with Gasteiger partial charge >= 0.3 is 17.9 Å². The summed E-state index contributed by atoms with van der Waals surface area (Å²) in [4.78, 5) is 52.2. The second-order valence-electron chi connectivity index (χ2n) is 10.9. The van der Waals surface area contributed by atoms with Crippen molar-refractivity contribution in [1.82, 2.24) is 19.5 Å². The predicted octanol–water partition coefficient (Wildman–Crippen LogP) is 5.38. The number of nitrogens with zero attached hydrogens (tertiary/aromatic N) is 4. The number of benzene rings is 3. The molecule has 0 amide bonds. The van der Waals surface area contributed by atoms with E-state index >= 15 is 0 Å². The van der Waals surface area contributed by atoms with Gasteiger partial charge in [0, 0.05) is 0 Å². The molecule has 1 aliphatic heterocycles. The molecule has 46 heavy (non-hydrogen) atoms. The standard InChI is InChI=1S/C33H24Cl2N4O7/c34-27-23-28(38-32(35)37-27)39(18-36-23)24-26-33(24,17-44-30(41)20-12-6-2-7-13-20)25(46-31(42)21-14-8-3-9-15-21)22(45-26)16-43-29(40)19-10-4-1-5-11-19/h1-15,18,22,24-26H,16-17H2/t22-,24?,25?,26+,33?/m1/s1. The van der Waals surface area contributed by atoms with E-state index in [-0.39, 0.29) is 23.7 Å². The minimum atomic E-state index is -1.13. The van der Waals surface area contributed by atoms with Gasteiger partial charge in [0.05, 0.1) is 40.6 Å². The summed E-state index contributed by atoms with van der Waals surface area (Å²) in [6.07, 6.45) is -1.09. The number of carbonyl (C=O) groups excluding carboxylic acids is 3. The quantitative estimate of drug-likeness (QED) is 0.0880. The highest BCUT2D eigenvalue weighted by molar-refractivity contribution is 6.35. The number of esters is 3. The first-order valence-corrected chi connectivity index (χ1v) is 15.0. The average molecular weight is 659 g/mol. The molecule has 2 aromatic heterocycles. The van der Waals surface area contributed by atoms with Crippen LogP contribution in [-0.2, 0) is 18.9 Å². The Labute approximate surface area is 272 Å². The maximum atomic E-state index is 13.5. The van der Waals surface area contributed by atoms with E-state index in [1.807, 2.05) is 0 Å². The van der Waals surface area contributed by atoms with Crippen molar-refractivity contribution >= 4 is 52.3 Å². The predicted molar refractivity (Wildman–Crippen MR) is 165 cm³/mol. The monoisotopic (exact) mass is 658 g/mol. The number of rotatable bonds is 9. The van der Waals surface area contributed by atoms with Gasteiger partial charge in [0.25, 0.3) is 0 Å². The Bertz CT molecular complexity index is 1930. The zero-order valence-corrected chi connectivity index (χ0v) is 25.4. The molecule has 13 heteroatoms. The Kier molecular flexibility index (Phi) is 7.89. The number of halogens is 2. The number of hydrogen-bond acceptors (Lipinski definition) is 10. The highest BCUT2D eigenvalue weighted by Gasteiger charge is 2.80. The van der Waals surface area contributed by atoms with E-state index in [0.717, 1.165) is 0 Å². The van der Waals surface area contributed by atoms with Crippen molar-refractivity contribution in [3.05, 3.63) is 124 Å². The van der Waals surface area contributed by atoms with Crippen LogP contribution >= 0.6 is 23.2 Å². The van der Waals surface area contributed by atoms with Gasteiger partial charge in [-0.05, 0) is 48.0 Å². The molecule has 0 spiro atoms. The van der Waals surface area contributed by atoms with E-state index in [1.165, 1.54) is 6.33 Å². The van der Waals surface area contributed by atoms with Gasteiger partial charge in [-0.1, -0.05) is 66.2 Å². The van der Waals surface area contributed by atoms with Crippen LogP contribution in [0, 0.1) is 5.41 Å². The van der Waals surface area contributed by atoms with Gasteiger partial charge in [0.1, 0.15) is 30.9 Å². The first-order valence-electron chi connectivity index (χ1n) is 14.3. The van der Waals surface area contributed by atoms with Crippen molar-refractivity contribution in [2.75, 3.05) is 13.2 Å². The van der Waals surface area contributed by atoms with Crippen molar-refractivity contribution in [3.63, 3.8) is 0 Å². The molecule has 11 nitrogen and oxygen atoms in total.